The van der Waals surface area contributed by atoms with E-state index in [1.54, 1.807) is 0 Å². The molecule has 0 aromatic heterocycles. The molecule has 1 atom stereocenters. The third kappa shape index (κ3) is 3.23. The Kier molecular flexibility index (Phi) is 4.39. The van der Waals surface area contributed by atoms with Gasteiger partial charge in [0.2, 0.25) is 5.91 Å². The summed E-state index contributed by atoms with van der Waals surface area (Å²) in [6, 6.07) is 10.7. The lowest BCUT2D eigenvalue weighted by Crippen LogP contribution is -2.44. The second-order valence-corrected chi connectivity index (χ2v) is 6.44. The molecule has 1 aromatic rings. The lowest BCUT2D eigenvalue weighted by Gasteiger charge is -2.37. The highest BCUT2D eigenvalue weighted by Crippen LogP contribution is 2.30. The lowest BCUT2D eigenvalue weighted by atomic mass is 9.83. The number of amides is 1. The maximum atomic E-state index is 12.3. The molecule has 0 N–H and O–H groups in total. The topological polar surface area (TPSA) is 20.3 Å². The highest BCUT2D eigenvalue weighted by atomic mass is 16.2. The maximum absolute atomic E-state index is 12.3. The summed E-state index contributed by atoms with van der Waals surface area (Å²) in [5, 5.41) is 0. The highest BCUT2D eigenvalue weighted by Gasteiger charge is 2.31. The van der Waals surface area contributed by atoms with E-state index in [2.05, 4.69) is 35.2 Å². The van der Waals surface area contributed by atoms with Crippen molar-refractivity contribution in [3.05, 3.63) is 35.9 Å². The first kappa shape index (κ1) is 13.7. The first-order valence-corrected chi connectivity index (χ1v) is 8.15. The molecular weight excluding hydrogens is 246 g/mol. The molecule has 2 aliphatic rings. The van der Waals surface area contributed by atoms with Crippen molar-refractivity contribution in [2.24, 2.45) is 11.8 Å². The predicted molar refractivity (Wildman–Crippen MR) is 81.4 cm³/mol. The van der Waals surface area contributed by atoms with Crippen molar-refractivity contribution in [1.29, 1.82) is 0 Å². The molecule has 1 unspecified atom stereocenters. The highest BCUT2D eigenvalue weighted by molar-refractivity contribution is 5.79. The first-order valence-electron chi connectivity index (χ1n) is 8.15. The fourth-order valence-corrected chi connectivity index (χ4v) is 3.43. The van der Waals surface area contributed by atoms with Crippen LogP contribution < -0.4 is 0 Å². The summed E-state index contributed by atoms with van der Waals surface area (Å²) in [6.07, 6.45) is 8.37. The molecule has 0 spiro atoms. The molecule has 20 heavy (non-hydrogen) atoms. The molecule has 1 heterocycles. The zero-order valence-corrected chi connectivity index (χ0v) is 12.3. The van der Waals surface area contributed by atoms with E-state index in [1.807, 2.05) is 0 Å². The standard InChI is InChI=1S/C18H25NO/c20-18(17-9-4-10-17)19-13-5-8-16(14-19)12-11-15-6-2-1-3-7-15/h1-3,6-7,16-17H,4-5,8-14H2. The Morgan fingerprint density at radius 3 is 2.60 bits per heavy atom. The third-order valence-corrected chi connectivity index (χ3v) is 4.97. The van der Waals surface area contributed by atoms with E-state index in [0.29, 0.717) is 17.7 Å². The number of nitrogens with zero attached hydrogens (tertiary/aromatic N) is 1. The van der Waals surface area contributed by atoms with Gasteiger partial charge in [-0.05, 0) is 50.0 Å². The van der Waals surface area contributed by atoms with Gasteiger partial charge in [0.15, 0.2) is 0 Å². The average Bonchev–Trinajstić information content (AvgIpc) is 2.45. The molecule has 108 valence electrons. The van der Waals surface area contributed by atoms with Crippen LogP contribution in [0.3, 0.4) is 0 Å². The van der Waals surface area contributed by atoms with Gasteiger partial charge >= 0.3 is 0 Å². The second-order valence-electron chi connectivity index (χ2n) is 6.44. The van der Waals surface area contributed by atoms with Crippen LogP contribution in [0.2, 0.25) is 0 Å². The number of benzene rings is 1. The van der Waals surface area contributed by atoms with Gasteiger partial charge in [-0.3, -0.25) is 4.79 Å². The number of hydrogen-bond acceptors (Lipinski definition) is 1. The molecule has 0 radical (unpaired) electrons. The SMILES string of the molecule is O=C(C1CCC1)N1CCCC(CCc2ccccc2)C1. The Morgan fingerprint density at radius 1 is 1.10 bits per heavy atom. The Morgan fingerprint density at radius 2 is 1.90 bits per heavy atom. The van der Waals surface area contributed by atoms with Crippen LogP contribution in [0.5, 0.6) is 0 Å². The third-order valence-electron chi connectivity index (χ3n) is 4.97. The van der Waals surface area contributed by atoms with Crippen molar-refractivity contribution in [3.63, 3.8) is 0 Å². The number of carbonyl (C=O) groups is 1. The van der Waals surface area contributed by atoms with Crippen LogP contribution in [-0.2, 0) is 11.2 Å². The van der Waals surface area contributed by atoms with Crippen LogP contribution in [0.4, 0.5) is 0 Å². The molecule has 1 aromatic carbocycles. The first-order chi connectivity index (χ1) is 9.83. The number of hydrogen-bond donors (Lipinski definition) is 0. The Labute approximate surface area is 122 Å². The van der Waals surface area contributed by atoms with Crippen LogP contribution in [0.15, 0.2) is 30.3 Å². The van der Waals surface area contributed by atoms with E-state index in [1.165, 1.54) is 31.2 Å². The summed E-state index contributed by atoms with van der Waals surface area (Å²) in [5.74, 6) is 1.51. The molecule has 2 heteroatoms. The van der Waals surface area contributed by atoms with Gasteiger partial charge in [-0.2, -0.15) is 0 Å². The van der Waals surface area contributed by atoms with Crippen LogP contribution in [0, 0.1) is 11.8 Å². The van der Waals surface area contributed by atoms with Gasteiger partial charge in [0.25, 0.3) is 0 Å². The van der Waals surface area contributed by atoms with Crippen LogP contribution >= 0.6 is 0 Å². The predicted octanol–water partition coefficient (Wildman–Crippen LogP) is 3.66. The monoisotopic (exact) mass is 271 g/mol. The smallest absolute Gasteiger partial charge is 0.225 e. The molecule has 1 saturated carbocycles. The number of aryl methyl sites for hydroxylation is 1. The Balaban J connectivity index is 1.49. The van der Waals surface area contributed by atoms with E-state index >= 15 is 0 Å². The van der Waals surface area contributed by atoms with E-state index in [-0.39, 0.29) is 0 Å². The molecule has 1 aliphatic heterocycles. The molecule has 1 amide bonds. The average molecular weight is 271 g/mol. The van der Waals surface area contributed by atoms with Crippen molar-refractivity contribution in [2.75, 3.05) is 13.1 Å². The van der Waals surface area contributed by atoms with Gasteiger partial charge in [0.1, 0.15) is 0 Å². The zero-order chi connectivity index (χ0) is 13.8. The number of piperidine rings is 1. The largest absolute Gasteiger partial charge is 0.342 e. The van der Waals surface area contributed by atoms with E-state index in [4.69, 9.17) is 0 Å². The molecule has 2 fully saturated rings. The lowest BCUT2D eigenvalue weighted by molar-refractivity contribution is -0.140. The summed E-state index contributed by atoms with van der Waals surface area (Å²) < 4.78 is 0. The number of carbonyl (C=O) groups excluding carboxylic acids is 1. The quantitative estimate of drug-likeness (QED) is 0.818. The molecule has 0 bridgehead atoms. The minimum atomic E-state index is 0.364. The summed E-state index contributed by atoms with van der Waals surface area (Å²) in [5.41, 5.74) is 1.43. The zero-order valence-electron chi connectivity index (χ0n) is 12.3. The maximum Gasteiger partial charge on any atom is 0.225 e. The number of rotatable bonds is 4. The van der Waals surface area contributed by atoms with Crippen molar-refractivity contribution in [3.8, 4) is 0 Å². The normalized spacial score (nSPS) is 23.4. The summed E-state index contributed by atoms with van der Waals surface area (Å²) in [6.45, 7) is 2.00. The van der Waals surface area contributed by atoms with Crippen molar-refractivity contribution in [2.45, 2.75) is 44.9 Å². The number of likely N-dealkylation sites (tertiary alicyclic amines) is 1. The van der Waals surface area contributed by atoms with Gasteiger partial charge in [-0.1, -0.05) is 36.8 Å². The van der Waals surface area contributed by atoms with Gasteiger partial charge in [-0.25, -0.2) is 0 Å². The van der Waals surface area contributed by atoms with Crippen LogP contribution in [-0.4, -0.2) is 23.9 Å². The van der Waals surface area contributed by atoms with Crippen LogP contribution in [0.1, 0.15) is 44.1 Å². The summed E-state index contributed by atoms with van der Waals surface area (Å²) >= 11 is 0. The van der Waals surface area contributed by atoms with E-state index in [9.17, 15) is 4.79 Å². The van der Waals surface area contributed by atoms with E-state index in [0.717, 1.165) is 32.4 Å². The van der Waals surface area contributed by atoms with Gasteiger partial charge < -0.3 is 4.90 Å². The molecule has 1 aliphatic carbocycles. The molecule has 2 nitrogen and oxygen atoms in total. The van der Waals surface area contributed by atoms with Crippen LogP contribution in [0.25, 0.3) is 0 Å². The second kappa shape index (κ2) is 6.43. The Hall–Kier alpha value is -1.31. The summed E-state index contributed by atoms with van der Waals surface area (Å²) in [4.78, 5) is 14.5. The van der Waals surface area contributed by atoms with Crippen molar-refractivity contribution >= 4 is 5.91 Å². The summed E-state index contributed by atoms with van der Waals surface area (Å²) in [7, 11) is 0. The minimum Gasteiger partial charge on any atom is -0.342 e. The van der Waals surface area contributed by atoms with Gasteiger partial charge in [0.05, 0.1) is 0 Å². The fraction of sp³-hybridized carbons (Fsp3) is 0.611. The van der Waals surface area contributed by atoms with Crippen molar-refractivity contribution < 1.29 is 4.79 Å². The van der Waals surface area contributed by atoms with Crippen molar-refractivity contribution in [1.82, 2.24) is 4.90 Å². The fourth-order valence-electron chi connectivity index (χ4n) is 3.43. The minimum absolute atomic E-state index is 0.364. The molecule has 3 rings (SSSR count). The van der Waals surface area contributed by atoms with Gasteiger partial charge in [-0.15, -0.1) is 0 Å². The van der Waals surface area contributed by atoms with E-state index < -0.39 is 0 Å². The molecule has 1 saturated heterocycles. The Bertz CT molecular complexity index is 438. The molecular formula is C18H25NO. The van der Waals surface area contributed by atoms with Gasteiger partial charge in [0, 0.05) is 19.0 Å².